The van der Waals surface area contributed by atoms with E-state index in [2.05, 4.69) is 15.3 Å². The molecule has 0 heterocycles. The second-order valence-electron chi connectivity index (χ2n) is 4.45. The van der Waals surface area contributed by atoms with Gasteiger partial charge in [-0.05, 0) is 36.4 Å². The third-order valence-electron chi connectivity index (χ3n) is 2.78. The lowest BCUT2D eigenvalue weighted by Gasteiger charge is -2.07. The summed E-state index contributed by atoms with van der Waals surface area (Å²) >= 11 is 11.8. The number of carbonyl (C=O) groups is 1. The summed E-state index contributed by atoms with van der Waals surface area (Å²) in [6, 6.07) is 8.66. The Labute approximate surface area is 144 Å². The first-order valence-corrected chi connectivity index (χ1v) is 7.15. The molecule has 9 heteroatoms. The van der Waals surface area contributed by atoms with E-state index < -0.39 is 17.8 Å². The Bertz CT molecular complexity index is 742. The average molecular weight is 377 g/mol. The summed E-state index contributed by atoms with van der Waals surface area (Å²) in [7, 11) is 0. The largest absolute Gasteiger partial charge is 0.437 e. The molecule has 2 rings (SSSR count). The Hall–Kier alpha value is -2.25. The van der Waals surface area contributed by atoms with E-state index in [4.69, 9.17) is 23.2 Å². The van der Waals surface area contributed by atoms with Gasteiger partial charge in [0.05, 0.1) is 21.8 Å². The number of nitrogens with zero attached hydrogens (tertiary/aromatic N) is 1. The number of rotatable bonds is 3. The monoisotopic (exact) mass is 376 g/mol. The van der Waals surface area contributed by atoms with Gasteiger partial charge in [-0.25, -0.2) is 4.79 Å². The Kier molecular flexibility index (Phi) is 5.69. The van der Waals surface area contributed by atoms with Gasteiger partial charge in [0.15, 0.2) is 0 Å². The highest BCUT2D eigenvalue weighted by Gasteiger charge is 2.29. The molecular weight excluding hydrogens is 368 g/mol. The third-order valence-corrected chi connectivity index (χ3v) is 3.43. The summed E-state index contributed by atoms with van der Waals surface area (Å²) < 4.78 is 37.3. The van der Waals surface area contributed by atoms with Gasteiger partial charge in [0.1, 0.15) is 0 Å². The van der Waals surface area contributed by atoms with Crippen molar-refractivity contribution in [2.24, 2.45) is 5.16 Å². The van der Waals surface area contributed by atoms with Gasteiger partial charge in [0, 0.05) is 11.3 Å². The van der Waals surface area contributed by atoms with Crippen molar-refractivity contribution in [1.29, 1.82) is 0 Å². The van der Waals surface area contributed by atoms with Crippen LogP contribution in [0, 0.1) is 0 Å². The van der Waals surface area contributed by atoms with Crippen LogP contribution in [0.4, 0.5) is 23.7 Å². The molecule has 2 aromatic carbocycles. The van der Waals surface area contributed by atoms with E-state index in [1.54, 1.807) is 18.2 Å². The fourth-order valence-electron chi connectivity index (χ4n) is 1.64. The summed E-state index contributed by atoms with van der Waals surface area (Å²) in [4.78, 5) is 16.1. The Balaban J connectivity index is 1.95. The van der Waals surface area contributed by atoms with E-state index in [1.165, 1.54) is 0 Å². The maximum absolute atomic E-state index is 12.4. The van der Waals surface area contributed by atoms with Crippen LogP contribution >= 0.6 is 23.2 Å². The molecule has 1 amide bonds. The van der Waals surface area contributed by atoms with Crippen LogP contribution in [0.25, 0.3) is 0 Å². The first-order valence-electron chi connectivity index (χ1n) is 6.40. The zero-order valence-electron chi connectivity index (χ0n) is 11.8. The average Bonchev–Trinajstić information content (AvgIpc) is 2.50. The van der Waals surface area contributed by atoms with Crippen molar-refractivity contribution < 1.29 is 22.8 Å². The number of oxime groups is 1. The van der Waals surface area contributed by atoms with Crippen molar-refractivity contribution in [3.63, 3.8) is 0 Å². The van der Waals surface area contributed by atoms with Crippen LogP contribution < -0.4 is 5.32 Å². The smallest absolute Gasteiger partial charge is 0.298 e. The zero-order chi connectivity index (χ0) is 17.7. The molecular formula is C15H9Cl2F3N2O2. The van der Waals surface area contributed by atoms with Crippen LogP contribution in [0.2, 0.25) is 10.0 Å². The Morgan fingerprint density at radius 2 is 1.67 bits per heavy atom. The summed E-state index contributed by atoms with van der Waals surface area (Å²) in [5.41, 5.74) is -0.338. The van der Waals surface area contributed by atoms with E-state index in [0.717, 1.165) is 30.5 Å². The normalized spacial score (nSPS) is 11.5. The number of alkyl halides is 3. The number of halogens is 5. The van der Waals surface area contributed by atoms with Crippen molar-refractivity contribution in [3.8, 4) is 0 Å². The summed E-state index contributed by atoms with van der Waals surface area (Å²) in [5, 5.41) is 6.29. The molecule has 0 radical (unpaired) electrons. The lowest BCUT2D eigenvalue weighted by atomic mass is 10.2. The number of hydrogen-bond acceptors (Lipinski definition) is 3. The highest BCUT2D eigenvalue weighted by atomic mass is 35.5. The number of nitrogens with one attached hydrogen (secondary N) is 1. The Morgan fingerprint density at radius 1 is 1.08 bits per heavy atom. The van der Waals surface area contributed by atoms with Crippen LogP contribution in [-0.2, 0) is 11.0 Å². The molecule has 0 saturated heterocycles. The van der Waals surface area contributed by atoms with Gasteiger partial charge < -0.3 is 0 Å². The van der Waals surface area contributed by atoms with Crippen molar-refractivity contribution in [2.45, 2.75) is 6.18 Å². The van der Waals surface area contributed by atoms with E-state index in [-0.39, 0.29) is 5.69 Å². The zero-order valence-corrected chi connectivity index (χ0v) is 13.3. The lowest BCUT2D eigenvalue weighted by molar-refractivity contribution is -0.137. The fraction of sp³-hybridized carbons (Fsp3) is 0.0667. The molecule has 4 nitrogen and oxygen atoms in total. The van der Waals surface area contributed by atoms with E-state index in [0.29, 0.717) is 15.6 Å². The molecule has 0 bridgehead atoms. The number of amides is 1. The van der Waals surface area contributed by atoms with Gasteiger partial charge in [0.2, 0.25) is 0 Å². The minimum atomic E-state index is -4.45. The molecule has 0 aliphatic heterocycles. The number of hydrogen-bond donors (Lipinski definition) is 1. The second kappa shape index (κ2) is 7.55. The van der Waals surface area contributed by atoms with Gasteiger partial charge in [-0.1, -0.05) is 34.4 Å². The van der Waals surface area contributed by atoms with Crippen LogP contribution in [0.5, 0.6) is 0 Å². The summed E-state index contributed by atoms with van der Waals surface area (Å²) in [5.74, 6) is 0. The number of benzene rings is 2. The first kappa shape index (κ1) is 18.1. The van der Waals surface area contributed by atoms with Gasteiger partial charge in [0.25, 0.3) is 0 Å². The molecule has 0 atom stereocenters. The van der Waals surface area contributed by atoms with Crippen molar-refractivity contribution in [3.05, 3.63) is 63.6 Å². The highest BCUT2D eigenvalue weighted by molar-refractivity contribution is 6.38. The molecule has 126 valence electrons. The standard InChI is InChI=1S/C15H9Cl2F3N2O2/c16-12-2-1-3-13(17)11(12)8-21-24-14(23)22-10-6-4-9(5-7-10)15(18,19)20/h1-8H,(H,22,23)/b21-8-. The third kappa shape index (κ3) is 4.87. The predicted octanol–water partition coefficient (Wildman–Crippen LogP) is 5.59. The van der Waals surface area contributed by atoms with Crippen LogP contribution in [0.3, 0.4) is 0 Å². The second-order valence-corrected chi connectivity index (χ2v) is 5.26. The van der Waals surface area contributed by atoms with Gasteiger partial charge in [-0.3, -0.25) is 10.2 Å². The highest BCUT2D eigenvalue weighted by Crippen LogP contribution is 2.29. The van der Waals surface area contributed by atoms with E-state index in [1.807, 2.05) is 0 Å². The Morgan fingerprint density at radius 3 is 2.21 bits per heavy atom. The molecule has 0 aromatic heterocycles. The fourth-order valence-corrected chi connectivity index (χ4v) is 2.14. The molecule has 1 N–H and O–H groups in total. The molecule has 0 spiro atoms. The molecule has 0 unspecified atom stereocenters. The SMILES string of the molecule is O=C(Nc1ccc(C(F)(F)F)cc1)O/N=C\c1c(Cl)cccc1Cl. The topological polar surface area (TPSA) is 50.7 Å². The number of anilines is 1. The molecule has 0 saturated carbocycles. The molecule has 2 aromatic rings. The van der Waals surface area contributed by atoms with Gasteiger partial charge in [-0.2, -0.15) is 13.2 Å². The lowest BCUT2D eigenvalue weighted by Crippen LogP contribution is -2.11. The van der Waals surface area contributed by atoms with Crippen molar-refractivity contribution in [2.75, 3.05) is 5.32 Å². The van der Waals surface area contributed by atoms with Crippen LogP contribution in [0.1, 0.15) is 11.1 Å². The van der Waals surface area contributed by atoms with Crippen LogP contribution in [0.15, 0.2) is 47.6 Å². The minimum Gasteiger partial charge on any atom is -0.298 e. The van der Waals surface area contributed by atoms with Crippen molar-refractivity contribution in [1.82, 2.24) is 0 Å². The van der Waals surface area contributed by atoms with Crippen molar-refractivity contribution >= 4 is 41.2 Å². The summed E-state index contributed by atoms with van der Waals surface area (Å²) in [6.07, 6.45) is -4.27. The molecule has 0 aliphatic rings. The first-order chi connectivity index (χ1) is 11.3. The summed E-state index contributed by atoms with van der Waals surface area (Å²) in [6.45, 7) is 0. The molecule has 24 heavy (non-hydrogen) atoms. The van der Waals surface area contributed by atoms with Crippen LogP contribution in [-0.4, -0.2) is 12.3 Å². The predicted molar refractivity (Wildman–Crippen MR) is 85.6 cm³/mol. The van der Waals surface area contributed by atoms with Gasteiger partial charge >= 0.3 is 12.3 Å². The van der Waals surface area contributed by atoms with E-state index >= 15 is 0 Å². The quantitative estimate of drug-likeness (QED) is 0.430. The maximum atomic E-state index is 12.4. The minimum absolute atomic E-state index is 0.124. The molecule has 0 aliphatic carbocycles. The van der Waals surface area contributed by atoms with Gasteiger partial charge in [-0.15, -0.1) is 0 Å². The molecule has 0 fully saturated rings. The number of carbonyl (C=O) groups excluding carboxylic acids is 1. The maximum Gasteiger partial charge on any atom is 0.437 e. The van der Waals surface area contributed by atoms with E-state index in [9.17, 15) is 18.0 Å².